The van der Waals surface area contributed by atoms with Crippen LogP contribution >= 0.6 is 0 Å². The number of aryl methyl sites for hydroxylation is 2. The van der Waals surface area contributed by atoms with Gasteiger partial charge in [0.25, 0.3) is 5.91 Å². The number of amides is 1. The molecule has 0 radical (unpaired) electrons. The topological polar surface area (TPSA) is 76.2 Å². The lowest BCUT2D eigenvalue weighted by Gasteiger charge is -2.11. The van der Waals surface area contributed by atoms with Crippen molar-refractivity contribution in [2.45, 2.75) is 13.8 Å². The van der Waals surface area contributed by atoms with E-state index >= 15 is 0 Å². The molecule has 0 fully saturated rings. The Morgan fingerprint density at radius 3 is 2.58 bits per heavy atom. The Kier molecular flexibility index (Phi) is 3.21. The van der Waals surface area contributed by atoms with Gasteiger partial charge in [-0.05, 0) is 37.1 Å². The number of nitrogens with zero attached hydrogens (tertiary/aromatic N) is 1. The lowest BCUT2D eigenvalue weighted by Crippen LogP contribution is -2.14. The summed E-state index contributed by atoms with van der Waals surface area (Å²) < 4.78 is 13.1. The summed E-state index contributed by atoms with van der Waals surface area (Å²) in [4.78, 5) is 15.4. The van der Waals surface area contributed by atoms with Crippen molar-refractivity contribution in [3.05, 3.63) is 47.0 Å². The van der Waals surface area contributed by atoms with Crippen LogP contribution in [-0.4, -0.2) is 16.0 Å². The molecule has 5 heteroatoms. The third kappa shape index (κ3) is 2.27. The highest BCUT2D eigenvalue weighted by molar-refractivity contribution is 5.99. The molecule has 0 atom stereocenters. The van der Waals surface area contributed by atoms with Crippen LogP contribution in [0.15, 0.2) is 24.4 Å². The minimum Gasteiger partial charge on any atom is -0.506 e. The minimum atomic E-state index is -0.746. The van der Waals surface area contributed by atoms with Gasteiger partial charge < -0.3 is 10.8 Å². The van der Waals surface area contributed by atoms with Crippen molar-refractivity contribution < 1.29 is 14.3 Å². The molecule has 0 aliphatic heterocycles. The molecule has 19 heavy (non-hydrogen) atoms. The second-order valence-electron chi connectivity index (χ2n) is 4.30. The second kappa shape index (κ2) is 4.68. The maximum atomic E-state index is 13.1. The molecule has 0 saturated carbocycles. The van der Waals surface area contributed by atoms with Crippen LogP contribution < -0.4 is 5.73 Å². The average Bonchev–Trinajstić information content (AvgIpc) is 2.30. The normalized spacial score (nSPS) is 10.5. The lowest BCUT2D eigenvalue weighted by molar-refractivity contribution is 0.0997. The van der Waals surface area contributed by atoms with Gasteiger partial charge >= 0.3 is 0 Å². The van der Waals surface area contributed by atoms with Crippen LogP contribution in [0.3, 0.4) is 0 Å². The van der Waals surface area contributed by atoms with Crippen molar-refractivity contribution in [1.82, 2.24) is 4.98 Å². The fourth-order valence-corrected chi connectivity index (χ4v) is 2.01. The molecule has 0 saturated heterocycles. The van der Waals surface area contributed by atoms with Gasteiger partial charge in [-0.3, -0.25) is 9.78 Å². The number of halogens is 1. The largest absolute Gasteiger partial charge is 0.506 e. The number of carbonyl (C=O) groups is 1. The molecule has 1 aromatic heterocycles. The zero-order valence-electron chi connectivity index (χ0n) is 10.6. The third-order valence-electron chi connectivity index (χ3n) is 2.97. The summed E-state index contributed by atoms with van der Waals surface area (Å²) >= 11 is 0. The summed E-state index contributed by atoms with van der Waals surface area (Å²) in [7, 11) is 0. The van der Waals surface area contributed by atoms with Gasteiger partial charge in [0, 0.05) is 11.8 Å². The van der Waals surface area contributed by atoms with E-state index in [9.17, 15) is 14.3 Å². The Balaban J connectivity index is 2.70. The Bertz CT molecular complexity index is 669. The monoisotopic (exact) mass is 260 g/mol. The highest BCUT2D eigenvalue weighted by Crippen LogP contribution is 2.34. The van der Waals surface area contributed by atoms with Crippen LogP contribution in [-0.2, 0) is 0 Å². The van der Waals surface area contributed by atoms with Gasteiger partial charge in [-0.2, -0.15) is 0 Å². The van der Waals surface area contributed by atoms with Crippen LogP contribution in [0.1, 0.15) is 21.6 Å². The summed E-state index contributed by atoms with van der Waals surface area (Å²) in [5.41, 5.74) is 7.17. The Labute approximate surface area is 109 Å². The van der Waals surface area contributed by atoms with Gasteiger partial charge in [-0.25, -0.2) is 4.39 Å². The summed E-state index contributed by atoms with van der Waals surface area (Å²) in [6.45, 7) is 3.29. The number of aromatic nitrogens is 1. The second-order valence-corrected chi connectivity index (χ2v) is 4.30. The van der Waals surface area contributed by atoms with Gasteiger partial charge in [-0.15, -0.1) is 0 Å². The van der Waals surface area contributed by atoms with Crippen LogP contribution in [0.4, 0.5) is 4.39 Å². The first-order valence-electron chi connectivity index (χ1n) is 5.66. The minimum absolute atomic E-state index is 0.0128. The number of rotatable bonds is 2. The van der Waals surface area contributed by atoms with Crippen LogP contribution in [0.5, 0.6) is 5.75 Å². The van der Waals surface area contributed by atoms with Crippen LogP contribution in [0.2, 0.25) is 0 Å². The SMILES string of the molecule is Cc1cc(F)ccc1-c1cnc(C)c(C(N)=O)c1O. The first-order chi connectivity index (χ1) is 8.91. The maximum absolute atomic E-state index is 13.1. The molecular formula is C14H13FN2O2. The number of hydrogen-bond donors (Lipinski definition) is 2. The molecular weight excluding hydrogens is 247 g/mol. The quantitative estimate of drug-likeness (QED) is 0.869. The van der Waals surface area contributed by atoms with Crippen LogP contribution in [0.25, 0.3) is 11.1 Å². The van der Waals surface area contributed by atoms with Crippen molar-refractivity contribution in [3.63, 3.8) is 0 Å². The molecule has 98 valence electrons. The van der Waals surface area contributed by atoms with Gasteiger partial charge in [-0.1, -0.05) is 6.07 Å². The summed E-state index contributed by atoms with van der Waals surface area (Å²) in [6.07, 6.45) is 1.44. The van der Waals surface area contributed by atoms with E-state index < -0.39 is 5.91 Å². The molecule has 1 amide bonds. The van der Waals surface area contributed by atoms with Crippen molar-refractivity contribution in [2.24, 2.45) is 5.73 Å². The number of carbonyl (C=O) groups excluding carboxylic acids is 1. The predicted octanol–water partition coefficient (Wildman–Crippen LogP) is 2.31. The Hall–Kier alpha value is -2.43. The molecule has 0 unspecified atom stereocenters. The van der Waals surface area contributed by atoms with Crippen molar-refractivity contribution >= 4 is 5.91 Å². The number of pyridine rings is 1. The smallest absolute Gasteiger partial charge is 0.254 e. The van der Waals surface area contributed by atoms with Crippen molar-refractivity contribution in [2.75, 3.05) is 0 Å². The highest BCUT2D eigenvalue weighted by Gasteiger charge is 2.18. The van der Waals surface area contributed by atoms with Crippen LogP contribution in [0, 0.1) is 19.7 Å². The molecule has 4 nitrogen and oxygen atoms in total. The van der Waals surface area contributed by atoms with E-state index in [0.717, 1.165) is 0 Å². The standard InChI is InChI=1S/C14H13FN2O2/c1-7-5-9(15)3-4-10(7)11-6-17-8(2)12(13(11)18)14(16)19/h3-6H,1-2H3,(H2,16,19)(H,17,18). The fourth-order valence-electron chi connectivity index (χ4n) is 2.01. The zero-order chi connectivity index (χ0) is 14.2. The number of nitrogens with two attached hydrogens (primary N) is 1. The molecule has 0 spiro atoms. The first kappa shape index (κ1) is 13.0. The maximum Gasteiger partial charge on any atom is 0.254 e. The van der Waals surface area contributed by atoms with Crippen molar-refractivity contribution in [1.29, 1.82) is 0 Å². The number of aromatic hydroxyl groups is 1. The van der Waals surface area contributed by atoms with E-state index in [2.05, 4.69) is 4.98 Å². The highest BCUT2D eigenvalue weighted by atomic mass is 19.1. The average molecular weight is 260 g/mol. The summed E-state index contributed by atoms with van der Waals surface area (Å²) in [6, 6.07) is 4.16. The van der Waals surface area contributed by atoms with E-state index in [0.29, 0.717) is 22.4 Å². The van der Waals surface area contributed by atoms with E-state index in [1.54, 1.807) is 13.8 Å². The predicted molar refractivity (Wildman–Crippen MR) is 69.3 cm³/mol. The number of hydrogen-bond acceptors (Lipinski definition) is 3. The molecule has 1 heterocycles. The van der Waals surface area contributed by atoms with Gasteiger partial charge in [0.05, 0.1) is 5.69 Å². The van der Waals surface area contributed by atoms with Crippen molar-refractivity contribution in [3.8, 4) is 16.9 Å². The molecule has 3 N–H and O–H groups in total. The molecule has 2 rings (SSSR count). The molecule has 0 bridgehead atoms. The van der Waals surface area contributed by atoms with Gasteiger partial charge in [0.2, 0.25) is 0 Å². The Morgan fingerprint density at radius 2 is 2.00 bits per heavy atom. The van der Waals surface area contributed by atoms with E-state index in [1.165, 1.54) is 24.4 Å². The molecule has 2 aromatic rings. The fraction of sp³-hybridized carbons (Fsp3) is 0.143. The van der Waals surface area contributed by atoms with Gasteiger partial charge in [0.15, 0.2) is 0 Å². The Morgan fingerprint density at radius 1 is 1.32 bits per heavy atom. The van der Waals surface area contributed by atoms with E-state index in [-0.39, 0.29) is 17.1 Å². The molecule has 1 aromatic carbocycles. The summed E-state index contributed by atoms with van der Waals surface area (Å²) in [5, 5.41) is 10.2. The number of benzene rings is 1. The van der Waals surface area contributed by atoms with E-state index in [1.807, 2.05) is 0 Å². The zero-order valence-corrected chi connectivity index (χ0v) is 10.6. The lowest BCUT2D eigenvalue weighted by atomic mass is 9.98. The number of primary amides is 1. The molecule has 0 aliphatic rings. The molecule has 0 aliphatic carbocycles. The van der Waals surface area contributed by atoms with Gasteiger partial charge in [0.1, 0.15) is 17.1 Å². The summed E-state index contributed by atoms with van der Waals surface area (Å²) in [5.74, 6) is -1.34. The first-order valence-corrected chi connectivity index (χ1v) is 5.66. The third-order valence-corrected chi connectivity index (χ3v) is 2.97. The van der Waals surface area contributed by atoms with E-state index in [4.69, 9.17) is 5.73 Å².